The lowest BCUT2D eigenvalue weighted by Crippen LogP contribution is -2.02. The van der Waals surface area contributed by atoms with E-state index in [2.05, 4.69) is 25.5 Å². The van der Waals surface area contributed by atoms with Gasteiger partial charge in [0.2, 0.25) is 0 Å². The number of carboxylic acid groups (broad SMARTS) is 2. The van der Waals surface area contributed by atoms with E-state index in [1.807, 2.05) is 0 Å². The summed E-state index contributed by atoms with van der Waals surface area (Å²) in [6, 6.07) is 0. The second-order valence-electron chi connectivity index (χ2n) is 12.2. The van der Waals surface area contributed by atoms with E-state index in [-0.39, 0.29) is 0 Å². The van der Waals surface area contributed by atoms with Crippen LogP contribution in [0.3, 0.4) is 0 Å². The van der Waals surface area contributed by atoms with Crippen molar-refractivity contribution in [2.75, 3.05) is 0 Å². The van der Waals surface area contributed by atoms with Gasteiger partial charge in [-0.25, -0.2) is 0 Å². The Hall–Kier alpha value is -1.14. The molecule has 0 aromatic carbocycles. The highest BCUT2D eigenvalue weighted by Crippen LogP contribution is 2.15. The van der Waals surface area contributed by atoms with Crippen LogP contribution in [0.5, 0.6) is 0 Å². The summed E-state index contributed by atoms with van der Waals surface area (Å²) in [6.45, 7) is 4.54. The van der Waals surface area contributed by atoms with Crippen LogP contribution in [0, 0.1) is 0 Å². The SMILES string of the molecule is CCCCCCCCCCCCCCCCCC(=O)O.CCCCCCCCCCCCCCCCCC(=O)O.NN. The maximum Gasteiger partial charge on any atom is 0.303 e. The first-order chi connectivity index (χ1) is 20.5. The molecule has 0 atom stereocenters. The summed E-state index contributed by atoms with van der Waals surface area (Å²) in [4.78, 5) is 20.7. The zero-order valence-electron chi connectivity index (χ0n) is 28.5. The van der Waals surface area contributed by atoms with E-state index in [0.717, 1.165) is 25.7 Å². The maximum atomic E-state index is 10.3. The lowest BCUT2D eigenvalue weighted by molar-refractivity contribution is -0.138. The Labute approximate surface area is 262 Å². The molecular formula is C36H76N2O4. The van der Waals surface area contributed by atoms with E-state index in [1.54, 1.807) is 0 Å². The van der Waals surface area contributed by atoms with E-state index >= 15 is 0 Å². The quantitative estimate of drug-likeness (QED) is 0.0345. The number of hydrogen-bond donors (Lipinski definition) is 4. The second-order valence-corrected chi connectivity index (χ2v) is 12.2. The van der Waals surface area contributed by atoms with Crippen molar-refractivity contribution in [1.29, 1.82) is 0 Å². The number of carboxylic acids is 2. The average Bonchev–Trinajstić information content (AvgIpc) is 2.98. The molecule has 0 aliphatic carbocycles. The molecular weight excluding hydrogens is 524 g/mol. The first kappa shape index (κ1) is 45.3. The molecule has 0 aromatic heterocycles. The molecule has 0 heterocycles. The Morgan fingerprint density at radius 1 is 0.333 bits per heavy atom. The fourth-order valence-corrected chi connectivity index (χ4v) is 5.30. The van der Waals surface area contributed by atoms with Crippen molar-refractivity contribution in [3.05, 3.63) is 0 Å². The van der Waals surface area contributed by atoms with Crippen LogP contribution in [0.25, 0.3) is 0 Å². The molecule has 0 aromatic rings. The lowest BCUT2D eigenvalue weighted by Gasteiger charge is -2.03. The van der Waals surface area contributed by atoms with Gasteiger partial charge in [-0.1, -0.05) is 194 Å². The smallest absolute Gasteiger partial charge is 0.303 e. The molecule has 6 nitrogen and oxygen atoms in total. The van der Waals surface area contributed by atoms with Gasteiger partial charge in [-0.2, -0.15) is 0 Å². The molecule has 0 amide bonds. The highest BCUT2D eigenvalue weighted by atomic mass is 16.4. The highest BCUT2D eigenvalue weighted by molar-refractivity contribution is 5.66. The molecule has 254 valence electrons. The highest BCUT2D eigenvalue weighted by Gasteiger charge is 1.98. The third kappa shape index (κ3) is 51.6. The van der Waals surface area contributed by atoms with Crippen molar-refractivity contribution in [2.45, 2.75) is 219 Å². The molecule has 0 unspecified atom stereocenters. The topological polar surface area (TPSA) is 127 Å². The summed E-state index contributed by atoms with van der Waals surface area (Å²) in [5.74, 6) is 6.69. The number of rotatable bonds is 32. The van der Waals surface area contributed by atoms with Crippen LogP contribution in [0.1, 0.15) is 219 Å². The van der Waals surface area contributed by atoms with Crippen molar-refractivity contribution < 1.29 is 19.8 Å². The zero-order valence-corrected chi connectivity index (χ0v) is 28.5. The number of aliphatic carboxylic acids is 2. The molecule has 0 spiro atoms. The number of unbranched alkanes of at least 4 members (excludes halogenated alkanes) is 28. The summed E-state index contributed by atoms with van der Waals surface area (Å²) < 4.78 is 0. The molecule has 6 heteroatoms. The van der Waals surface area contributed by atoms with Gasteiger partial charge in [-0.15, -0.1) is 0 Å². The minimum absolute atomic E-state index is 0.345. The number of hydrogen-bond acceptors (Lipinski definition) is 4. The lowest BCUT2D eigenvalue weighted by atomic mass is 10.0. The second kappa shape index (κ2) is 44.3. The predicted molar refractivity (Wildman–Crippen MR) is 183 cm³/mol. The summed E-state index contributed by atoms with van der Waals surface area (Å²) in [5.41, 5.74) is 0. The van der Waals surface area contributed by atoms with Gasteiger partial charge in [0.1, 0.15) is 0 Å². The van der Waals surface area contributed by atoms with Crippen LogP contribution in [0.15, 0.2) is 0 Å². The maximum absolute atomic E-state index is 10.3. The fraction of sp³-hybridized carbons (Fsp3) is 0.944. The molecule has 42 heavy (non-hydrogen) atoms. The average molecular weight is 601 g/mol. The van der Waals surface area contributed by atoms with Gasteiger partial charge in [0.25, 0.3) is 0 Å². The molecule has 0 bridgehead atoms. The third-order valence-electron chi connectivity index (χ3n) is 7.99. The van der Waals surface area contributed by atoms with Crippen molar-refractivity contribution in [3.63, 3.8) is 0 Å². The van der Waals surface area contributed by atoms with Gasteiger partial charge in [-0.3, -0.25) is 21.3 Å². The van der Waals surface area contributed by atoms with E-state index < -0.39 is 11.9 Å². The standard InChI is InChI=1S/2C18H36O2.H4N2/c2*1-2-3-4-5-6-7-8-9-10-11-12-13-14-15-16-17-18(19)20;1-2/h2*2-17H2,1H3,(H,19,20);1-2H2. The van der Waals surface area contributed by atoms with E-state index in [0.29, 0.717) is 12.8 Å². The molecule has 0 saturated carbocycles. The molecule has 0 radical (unpaired) electrons. The van der Waals surface area contributed by atoms with Crippen LogP contribution in [0.4, 0.5) is 0 Å². The van der Waals surface area contributed by atoms with Crippen LogP contribution < -0.4 is 11.7 Å². The van der Waals surface area contributed by atoms with Gasteiger partial charge in [0.05, 0.1) is 0 Å². The van der Waals surface area contributed by atoms with Crippen LogP contribution in [0.2, 0.25) is 0 Å². The minimum atomic E-state index is -0.653. The number of hydrazine groups is 1. The van der Waals surface area contributed by atoms with Gasteiger partial charge in [0.15, 0.2) is 0 Å². The summed E-state index contributed by atoms with van der Waals surface area (Å²) in [7, 11) is 0. The normalized spacial score (nSPS) is 10.5. The Kier molecular flexibility index (Phi) is 47.8. The Bertz CT molecular complexity index is 459. The monoisotopic (exact) mass is 601 g/mol. The fourth-order valence-electron chi connectivity index (χ4n) is 5.30. The Morgan fingerprint density at radius 2 is 0.476 bits per heavy atom. The van der Waals surface area contributed by atoms with E-state index in [9.17, 15) is 9.59 Å². The van der Waals surface area contributed by atoms with Gasteiger partial charge in [0, 0.05) is 12.8 Å². The third-order valence-corrected chi connectivity index (χ3v) is 7.99. The first-order valence-electron chi connectivity index (χ1n) is 18.3. The van der Waals surface area contributed by atoms with Crippen molar-refractivity contribution in [3.8, 4) is 0 Å². The Morgan fingerprint density at radius 3 is 0.619 bits per heavy atom. The zero-order chi connectivity index (χ0) is 31.8. The van der Waals surface area contributed by atoms with E-state index in [4.69, 9.17) is 10.2 Å². The summed E-state index contributed by atoms with van der Waals surface area (Å²) in [5, 5.41) is 17.0. The van der Waals surface area contributed by atoms with E-state index in [1.165, 1.54) is 167 Å². The summed E-state index contributed by atoms with van der Waals surface area (Å²) in [6.07, 6.45) is 40.4. The number of carbonyl (C=O) groups is 2. The van der Waals surface area contributed by atoms with Gasteiger partial charge < -0.3 is 10.2 Å². The molecule has 0 aliphatic rings. The molecule has 0 aliphatic heterocycles. The van der Waals surface area contributed by atoms with Crippen LogP contribution >= 0.6 is 0 Å². The Balaban J connectivity index is -0.000000683. The minimum Gasteiger partial charge on any atom is -0.481 e. The van der Waals surface area contributed by atoms with Gasteiger partial charge in [-0.05, 0) is 12.8 Å². The van der Waals surface area contributed by atoms with Crippen molar-refractivity contribution in [2.24, 2.45) is 11.7 Å². The van der Waals surface area contributed by atoms with Crippen LogP contribution in [-0.4, -0.2) is 22.2 Å². The van der Waals surface area contributed by atoms with Gasteiger partial charge >= 0.3 is 11.9 Å². The molecule has 6 N–H and O–H groups in total. The summed E-state index contributed by atoms with van der Waals surface area (Å²) >= 11 is 0. The predicted octanol–water partition coefficient (Wildman–Crippen LogP) is 11.5. The van der Waals surface area contributed by atoms with Crippen molar-refractivity contribution in [1.82, 2.24) is 0 Å². The first-order valence-corrected chi connectivity index (χ1v) is 18.3. The molecule has 0 fully saturated rings. The number of nitrogens with two attached hydrogens (primary N) is 2. The van der Waals surface area contributed by atoms with Crippen LogP contribution in [-0.2, 0) is 9.59 Å². The largest absolute Gasteiger partial charge is 0.481 e. The molecule has 0 saturated heterocycles. The van der Waals surface area contributed by atoms with Crippen molar-refractivity contribution >= 4 is 11.9 Å². The molecule has 0 rings (SSSR count).